The molecule has 1 heterocycles. The lowest BCUT2D eigenvalue weighted by atomic mass is 10.3. The van der Waals surface area contributed by atoms with Crippen LogP contribution in [0.5, 0.6) is 0 Å². The number of nitrogens with one attached hydrogen (secondary N) is 2. The molecule has 0 fully saturated rings. The van der Waals surface area contributed by atoms with Crippen molar-refractivity contribution in [2.45, 2.75) is 13.0 Å². The van der Waals surface area contributed by atoms with Gasteiger partial charge in [-0.25, -0.2) is 10.8 Å². The number of pyridine rings is 1. The van der Waals surface area contributed by atoms with Crippen LogP contribution in [-0.4, -0.2) is 29.7 Å². The Hall–Kier alpha value is -1.93. The fourth-order valence-corrected chi connectivity index (χ4v) is 1.12. The Morgan fingerprint density at radius 1 is 1.59 bits per heavy atom. The average molecular weight is 241 g/mol. The predicted octanol–water partition coefficient (Wildman–Crippen LogP) is 0.722. The van der Waals surface area contributed by atoms with E-state index < -0.39 is 4.92 Å². The molecule has 0 aromatic carbocycles. The molecule has 8 heteroatoms. The van der Waals surface area contributed by atoms with Crippen LogP contribution in [0.1, 0.15) is 6.92 Å². The van der Waals surface area contributed by atoms with Gasteiger partial charge in [0, 0.05) is 13.7 Å². The topological polar surface area (TPSA) is 115 Å². The number of nitrogens with zero attached hydrogens (tertiary/aromatic N) is 2. The molecule has 0 aliphatic rings. The van der Waals surface area contributed by atoms with Crippen LogP contribution in [0.25, 0.3) is 0 Å². The molecule has 8 nitrogen and oxygen atoms in total. The molecule has 0 aliphatic heterocycles. The molecule has 1 aromatic heterocycles. The quantitative estimate of drug-likeness (QED) is 0.382. The van der Waals surface area contributed by atoms with Gasteiger partial charge in [0.25, 0.3) is 5.69 Å². The minimum atomic E-state index is -0.506. The summed E-state index contributed by atoms with van der Waals surface area (Å²) < 4.78 is 5.04. The number of ether oxygens (including phenoxy) is 1. The SMILES string of the molecule is COC(C)CNc1cc([N+](=O)[O-])cc(NN)n1. The molecule has 0 spiro atoms. The first-order valence-electron chi connectivity index (χ1n) is 4.96. The van der Waals surface area contributed by atoms with Gasteiger partial charge in [-0.1, -0.05) is 0 Å². The van der Waals surface area contributed by atoms with E-state index in [1.54, 1.807) is 7.11 Å². The van der Waals surface area contributed by atoms with Crippen LogP contribution in [-0.2, 0) is 4.74 Å². The van der Waals surface area contributed by atoms with Crippen molar-refractivity contribution < 1.29 is 9.66 Å². The minimum Gasteiger partial charge on any atom is -0.380 e. The lowest BCUT2D eigenvalue weighted by Crippen LogP contribution is -2.19. The van der Waals surface area contributed by atoms with Crippen molar-refractivity contribution in [3.63, 3.8) is 0 Å². The molecule has 4 N–H and O–H groups in total. The van der Waals surface area contributed by atoms with Gasteiger partial charge in [0.15, 0.2) is 0 Å². The standard InChI is InChI=1S/C9H15N5O3/c1-6(17-2)5-11-8-3-7(14(15)16)4-9(12-8)13-10/h3-4,6H,5,10H2,1-2H3,(H2,11,12,13). The zero-order valence-corrected chi connectivity index (χ0v) is 9.64. The van der Waals surface area contributed by atoms with Gasteiger partial charge in [-0.2, -0.15) is 0 Å². The van der Waals surface area contributed by atoms with Crippen molar-refractivity contribution in [3.05, 3.63) is 22.2 Å². The summed E-state index contributed by atoms with van der Waals surface area (Å²) in [5.41, 5.74) is 2.19. The van der Waals surface area contributed by atoms with E-state index in [0.717, 1.165) is 0 Å². The Kier molecular flexibility index (Phi) is 4.61. The highest BCUT2D eigenvalue weighted by molar-refractivity contribution is 5.54. The highest BCUT2D eigenvalue weighted by Gasteiger charge is 2.11. The van der Waals surface area contributed by atoms with Gasteiger partial charge >= 0.3 is 0 Å². The molecular weight excluding hydrogens is 226 g/mol. The third-order valence-corrected chi connectivity index (χ3v) is 2.14. The molecule has 1 aromatic rings. The maximum atomic E-state index is 10.7. The second-order valence-electron chi connectivity index (χ2n) is 3.42. The summed E-state index contributed by atoms with van der Waals surface area (Å²) in [6, 6.07) is 2.59. The number of hydrogen-bond acceptors (Lipinski definition) is 7. The van der Waals surface area contributed by atoms with E-state index in [-0.39, 0.29) is 17.6 Å². The zero-order chi connectivity index (χ0) is 12.8. The summed E-state index contributed by atoms with van der Waals surface area (Å²) in [6.45, 7) is 2.36. The second-order valence-corrected chi connectivity index (χ2v) is 3.42. The number of hydrazine groups is 1. The molecular formula is C9H15N5O3. The van der Waals surface area contributed by atoms with E-state index in [1.165, 1.54) is 12.1 Å². The van der Waals surface area contributed by atoms with Gasteiger partial charge in [0.1, 0.15) is 11.6 Å². The number of aromatic nitrogens is 1. The molecule has 1 rings (SSSR count). The zero-order valence-electron chi connectivity index (χ0n) is 9.64. The van der Waals surface area contributed by atoms with Gasteiger partial charge in [0.05, 0.1) is 23.2 Å². The predicted molar refractivity (Wildman–Crippen MR) is 63.7 cm³/mol. The first-order chi connectivity index (χ1) is 8.06. The third-order valence-electron chi connectivity index (χ3n) is 2.14. The van der Waals surface area contributed by atoms with Crippen molar-refractivity contribution >= 4 is 17.3 Å². The van der Waals surface area contributed by atoms with Crippen LogP contribution in [0.3, 0.4) is 0 Å². The molecule has 1 unspecified atom stereocenters. The summed E-state index contributed by atoms with van der Waals surface area (Å²) in [6.07, 6.45) is -0.0228. The number of anilines is 2. The van der Waals surface area contributed by atoms with Crippen LogP contribution in [0.2, 0.25) is 0 Å². The number of methoxy groups -OCH3 is 1. The van der Waals surface area contributed by atoms with Gasteiger partial charge in [0.2, 0.25) is 0 Å². The van der Waals surface area contributed by atoms with Crippen LogP contribution < -0.4 is 16.6 Å². The molecule has 0 saturated heterocycles. The van der Waals surface area contributed by atoms with E-state index in [4.69, 9.17) is 10.6 Å². The van der Waals surface area contributed by atoms with Gasteiger partial charge in [-0.3, -0.25) is 10.1 Å². The second kappa shape index (κ2) is 5.97. The van der Waals surface area contributed by atoms with Gasteiger partial charge in [-0.15, -0.1) is 0 Å². The number of nitro groups is 1. The van der Waals surface area contributed by atoms with Crippen molar-refractivity contribution in [1.82, 2.24) is 4.98 Å². The molecule has 0 radical (unpaired) electrons. The third kappa shape index (κ3) is 3.85. The minimum absolute atomic E-state index is 0.0228. The van der Waals surface area contributed by atoms with Crippen LogP contribution in [0.4, 0.5) is 17.3 Å². The highest BCUT2D eigenvalue weighted by atomic mass is 16.6. The number of nitrogens with two attached hydrogens (primary N) is 1. The number of hydrogen-bond donors (Lipinski definition) is 3. The summed E-state index contributed by atoms with van der Waals surface area (Å²) in [4.78, 5) is 14.2. The Balaban J connectivity index is 2.83. The monoisotopic (exact) mass is 241 g/mol. The lowest BCUT2D eigenvalue weighted by Gasteiger charge is -2.11. The number of rotatable bonds is 6. The van der Waals surface area contributed by atoms with Gasteiger partial charge < -0.3 is 15.5 Å². The Morgan fingerprint density at radius 3 is 2.76 bits per heavy atom. The van der Waals surface area contributed by atoms with E-state index in [2.05, 4.69) is 15.7 Å². The lowest BCUT2D eigenvalue weighted by molar-refractivity contribution is -0.384. The van der Waals surface area contributed by atoms with E-state index in [9.17, 15) is 10.1 Å². The molecule has 1 atom stereocenters. The van der Waals surface area contributed by atoms with Crippen molar-refractivity contribution in [2.24, 2.45) is 5.84 Å². The molecule has 0 bridgehead atoms. The molecule has 0 aliphatic carbocycles. The maximum absolute atomic E-state index is 10.7. The van der Waals surface area contributed by atoms with E-state index in [0.29, 0.717) is 12.4 Å². The molecule has 94 valence electrons. The maximum Gasteiger partial charge on any atom is 0.276 e. The van der Waals surface area contributed by atoms with Crippen molar-refractivity contribution in [3.8, 4) is 0 Å². The highest BCUT2D eigenvalue weighted by Crippen LogP contribution is 2.19. The molecule has 0 amide bonds. The molecule has 17 heavy (non-hydrogen) atoms. The normalized spacial score (nSPS) is 11.9. The Morgan fingerprint density at radius 2 is 2.24 bits per heavy atom. The molecule has 0 saturated carbocycles. The Labute approximate surface area is 98.3 Å². The largest absolute Gasteiger partial charge is 0.380 e. The first kappa shape index (κ1) is 13.1. The number of nitrogen functional groups attached to an aromatic ring is 1. The fraction of sp³-hybridized carbons (Fsp3) is 0.444. The van der Waals surface area contributed by atoms with Crippen LogP contribution in [0.15, 0.2) is 12.1 Å². The van der Waals surface area contributed by atoms with E-state index >= 15 is 0 Å². The average Bonchev–Trinajstić information content (AvgIpc) is 2.35. The van der Waals surface area contributed by atoms with Crippen LogP contribution in [0, 0.1) is 10.1 Å². The fourth-order valence-electron chi connectivity index (χ4n) is 1.12. The van der Waals surface area contributed by atoms with Crippen LogP contribution >= 0.6 is 0 Å². The summed E-state index contributed by atoms with van der Waals surface area (Å²) in [5.74, 6) is 5.78. The smallest absolute Gasteiger partial charge is 0.276 e. The van der Waals surface area contributed by atoms with Gasteiger partial charge in [-0.05, 0) is 6.92 Å². The van der Waals surface area contributed by atoms with E-state index in [1.807, 2.05) is 6.92 Å². The summed E-state index contributed by atoms with van der Waals surface area (Å²) in [7, 11) is 1.58. The Bertz CT molecular complexity index is 398. The summed E-state index contributed by atoms with van der Waals surface area (Å²) in [5, 5.41) is 13.6. The summed E-state index contributed by atoms with van der Waals surface area (Å²) >= 11 is 0. The van der Waals surface area contributed by atoms with Crippen molar-refractivity contribution in [1.29, 1.82) is 0 Å². The first-order valence-corrected chi connectivity index (χ1v) is 4.96. The van der Waals surface area contributed by atoms with Crippen molar-refractivity contribution in [2.75, 3.05) is 24.4 Å².